The molecule has 2 saturated heterocycles. The predicted molar refractivity (Wildman–Crippen MR) is 109 cm³/mol. The van der Waals surface area contributed by atoms with Gasteiger partial charge in [-0.05, 0) is 56.4 Å². The molecule has 2 atom stereocenters. The van der Waals surface area contributed by atoms with Crippen LogP contribution in [0.25, 0.3) is 10.2 Å². The minimum absolute atomic E-state index is 0.329. The number of hydrogen-bond acceptors (Lipinski definition) is 5. The molecule has 6 heteroatoms. The topological polar surface area (TPSA) is 49.3 Å². The molecule has 1 amide bonds. The first kappa shape index (κ1) is 17.4. The van der Waals surface area contributed by atoms with Gasteiger partial charge in [0.25, 0.3) is 0 Å². The molecule has 0 aromatic carbocycles. The molecule has 0 saturated carbocycles. The standard InChI is InChI=1S/C21H28N4OS/c1-14-7-8-16-17(11-14)27-21-19(16)20(22-13-23-21)25-10-3-2-5-15(25)12-24-9-4-6-18(24)26/h13-15H,2-12H2,1H3. The molecule has 5 rings (SSSR count). The number of anilines is 1. The molecule has 1 aliphatic carbocycles. The third-order valence-electron chi connectivity index (χ3n) is 6.57. The Hall–Kier alpha value is -1.69. The Bertz CT molecular complexity index is 863. The fourth-order valence-electron chi connectivity index (χ4n) is 5.10. The summed E-state index contributed by atoms with van der Waals surface area (Å²) >= 11 is 1.87. The van der Waals surface area contributed by atoms with Crippen LogP contribution in [-0.2, 0) is 17.6 Å². The van der Waals surface area contributed by atoms with Crippen LogP contribution in [0.5, 0.6) is 0 Å². The van der Waals surface area contributed by atoms with Crippen molar-refractivity contribution in [3.63, 3.8) is 0 Å². The fraction of sp³-hybridized carbons (Fsp3) is 0.667. The van der Waals surface area contributed by atoms with Crippen molar-refractivity contribution in [3.05, 3.63) is 16.8 Å². The van der Waals surface area contributed by atoms with Crippen LogP contribution >= 0.6 is 11.3 Å². The van der Waals surface area contributed by atoms with Gasteiger partial charge < -0.3 is 9.80 Å². The first-order valence-electron chi connectivity index (χ1n) is 10.5. The molecule has 0 N–H and O–H groups in total. The fourth-order valence-corrected chi connectivity index (χ4v) is 6.44. The van der Waals surface area contributed by atoms with Crippen LogP contribution in [0.4, 0.5) is 5.82 Å². The number of nitrogens with zero attached hydrogens (tertiary/aromatic N) is 4. The van der Waals surface area contributed by atoms with E-state index >= 15 is 0 Å². The smallest absolute Gasteiger partial charge is 0.222 e. The summed E-state index contributed by atoms with van der Waals surface area (Å²) < 4.78 is 0. The summed E-state index contributed by atoms with van der Waals surface area (Å²) in [6.45, 7) is 5.18. The summed E-state index contributed by atoms with van der Waals surface area (Å²) in [7, 11) is 0. The Morgan fingerprint density at radius 3 is 2.93 bits per heavy atom. The number of amides is 1. The molecule has 0 spiro atoms. The Kier molecular flexibility index (Phi) is 4.54. The number of rotatable bonds is 3. The van der Waals surface area contributed by atoms with E-state index in [1.807, 2.05) is 11.3 Å². The molecular weight excluding hydrogens is 356 g/mol. The molecule has 5 nitrogen and oxygen atoms in total. The van der Waals surface area contributed by atoms with E-state index in [1.165, 1.54) is 41.5 Å². The van der Waals surface area contributed by atoms with E-state index in [0.717, 1.165) is 61.9 Å². The van der Waals surface area contributed by atoms with E-state index in [2.05, 4.69) is 21.7 Å². The summed E-state index contributed by atoms with van der Waals surface area (Å²) in [6, 6.07) is 0.386. The maximum Gasteiger partial charge on any atom is 0.222 e. The molecule has 2 aliphatic heterocycles. The molecule has 2 unspecified atom stereocenters. The number of likely N-dealkylation sites (tertiary alicyclic amines) is 1. The summed E-state index contributed by atoms with van der Waals surface area (Å²) in [4.78, 5) is 28.8. The maximum absolute atomic E-state index is 12.2. The summed E-state index contributed by atoms with van der Waals surface area (Å²) in [6.07, 6.45) is 10.7. The van der Waals surface area contributed by atoms with E-state index in [-0.39, 0.29) is 0 Å². The highest BCUT2D eigenvalue weighted by Gasteiger charge is 2.32. The van der Waals surface area contributed by atoms with E-state index in [1.54, 1.807) is 6.33 Å². The third kappa shape index (κ3) is 3.12. The lowest BCUT2D eigenvalue weighted by atomic mass is 9.89. The van der Waals surface area contributed by atoms with Crippen LogP contribution in [0.2, 0.25) is 0 Å². The van der Waals surface area contributed by atoms with Gasteiger partial charge in [-0.25, -0.2) is 9.97 Å². The van der Waals surface area contributed by atoms with E-state index < -0.39 is 0 Å². The molecular formula is C21H28N4OS. The minimum Gasteiger partial charge on any atom is -0.351 e. The van der Waals surface area contributed by atoms with Crippen molar-refractivity contribution in [2.75, 3.05) is 24.5 Å². The van der Waals surface area contributed by atoms with Crippen LogP contribution < -0.4 is 4.90 Å². The number of fused-ring (bicyclic) bond motifs is 3. The van der Waals surface area contributed by atoms with Gasteiger partial charge >= 0.3 is 0 Å². The van der Waals surface area contributed by atoms with Gasteiger partial charge in [-0.3, -0.25) is 4.79 Å². The van der Waals surface area contributed by atoms with E-state index in [4.69, 9.17) is 4.98 Å². The molecule has 4 heterocycles. The second kappa shape index (κ2) is 7.04. The Labute approximate surface area is 164 Å². The van der Waals surface area contributed by atoms with Crippen molar-refractivity contribution in [3.8, 4) is 0 Å². The molecule has 2 aromatic heterocycles. The highest BCUT2D eigenvalue weighted by atomic mass is 32.1. The van der Waals surface area contributed by atoms with Gasteiger partial charge in [0.1, 0.15) is 17.0 Å². The Morgan fingerprint density at radius 1 is 1.15 bits per heavy atom. The number of piperidine rings is 1. The van der Waals surface area contributed by atoms with Gasteiger partial charge in [-0.2, -0.15) is 0 Å². The summed E-state index contributed by atoms with van der Waals surface area (Å²) in [5.41, 5.74) is 1.50. The van der Waals surface area contributed by atoms with Crippen LogP contribution in [-0.4, -0.2) is 46.5 Å². The van der Waals surface area contributed by atoms with Crippen molar-refractivity contribution in [1.29, 1.82) is 0 Å². The van der Waals surface area contributed by atoms with E-state index in [9.17, 15) is 4.79 Å². The lowest BCUT2D eigenvalue weighted by Crippen LogP contribution is -2.47. The largest absolute Gasteiger partial charge is 0.351 e. The first-order valence-corrected chi connectivity index (χ1v) is 11.3. The van der Waals surface area contributed by atoms with Gasteiger partial charge in [0, 0.05) is 37.0 Å². The second-order valence-corrected chi connectivity index (χ2v) is 9.60. The number of thiophene rings is 1. The van der Waals surface area contributed by atoms with Crippen molar-refractivity contribution in [2.45, 2.75) is 64.3 Å². The van der Waals surface area contributed by atoms with Crippen LogP contribution in [0.1, 0.15) is 55.9 Å². The Balaban J connectivity index is 1.52. The van der Waals surface area contributed by atoms with Gasteiger partial charge in [-0.1, -0.05) is 6.92 Å². The molecule has 3 aliphatic rings. The average Bonchev–Trinajstić information content (AvgIpc) is 3.24. The van der Waals surface area contributed by atoms with Crippen molar-refractivity contribution in [1.82, 2.24) is 14.9 Å². The monoisotopic (exact) mass is 384 g/mol. The lowest BCUT2D eigenvalue weighted by Gasteiger charge is -2.39. The zero-order valence-electron chi connectivity index (χ0n) is 16.1. The third-order valence-corrected chi connectivity index (χ3v) is 7.74. The quantitative estimate of drug-likeness (QED) is 0.808. The van der Waals surface area contributed by atoms with Crippen molar-refractivity contribution < 1.29 is 4.79 Å². The van der Waals surface area contributed by atoms with Gasteiger partial charge in [0.15, 0.2) is 0 Å². The molecule has 0 bridgehead atoms. The van der Waals surface area contributed by atoms with Gasteiger partial charge in [-0.15, -0.1) is 11.3 Å². The minimum atomic E-state index is 0.329. The summed E-state index contributed by atoms with van der Waals surface area (Å²) in [5.74, 6) is 2.23. The second-order valence-electron chi connectivity index (χ2n) is 8.52. The number of carbonyl (C=O) groups is 1. The first-order chi connectivity index (χ1) is 13.2. The normalized spacial score (nSPS) is 26.0. The highest BCUT2D eigenvalue weighted by molar-refractivity contribution is 7.19. The van der Waals surface area contributed by atoms with Crippen LogP contribution in [0.15, 0.2) is 6.33 Å². The highest BCUT2D eigenvalue weighted by Crippen LogP contribution is 2.41. The number of aryl methyl sites for hydroxylation is 1. The predicted octanol–water partition coefficient (Wildman–Crippen LogP) is 3.80. The molecule has 0 radical (unpaired) electrons. The Morgan fingerprint density at radius 2 is 2.07 bits per heavy atom. The summed E-state index contributed by atoms with van der Waals surface area (Å²) in [5, 5.41) is 1.31. The molecule has 144 valence electrons. The average molecular weight is 385 g/mol. The van der Waals surface area contributed by atoms with Crippen molar-refractivity contribution in [2.24, 2.45) is 5.92 Å². The van der Waals surface area contributed by atoms with Crippen LogP contribution in [0, 0.1) is 5.92 Å². The molecule has 2 fully saturated rings. The maximum atomic E-state index is 12.2. The number of hydrogen-bond donors (Lipinski definition) is 0. The van der Waals surface area contributed by atoms with Crippen LogP contribution in [0.3, 0.4) is 0 Å². The van der Waals surface area contributed by atoms with E-state index in [0.29, 0.717) is 11.9 Å². The van der Waals surface area contributed by atoms with Gasteiger partial charge in [0.05, 0.1) is 5.39 Å². The lowest BCUT2D eigenvalue weighted by molar-refractivity contribution is -0.127. The molecule has 2 aromatic rings. The zero-order valence-corrected chi connectivity index (χ0v) is 16.9. The number of carbonyl (C=O) groups excluding carboxylic acids is 1. The van der Waals surface area contributed by atoms with Crippen molar-refractivity contribution >= 4 is 33.3 Å². The molecule has 27 heavy (non-hydrogen) atoms. The number of aromatic nitrogens is 2. The zero-order chi connectivity index (χ0) is 18.4. The SMILES string of the molecule is CC1CCc2c(sc3ncnc(N4CCCCC4CN4CCCC4=O)c23)C1. The van der Waals surface area contributed by atoms with Gasteiger partial charge in [0.2, 0.25) is 5.91 Å².